The van der Waals surface area contributed by atoms with Crippen LogP contribution in [0, 0.1) is 17.5 Å². The highest BCUT2D eigenvalue weighted by Crippen LogP contribution is 2.30. The molecule has 1 atom stereocenters. The van der Waals surface area contributed by atoms with E-state index in [1.54, 1.807) is 6.07 Å². The van der Waals surface area contributed by atoms with Crippen LogP contribution < -0.4 is 5.32 Å². The molecule has 0 spiro atoms. The lowest BCUT2D eigenvalue weighted by Gasteiger charge is -2.15. The molecule has 0 bridgehead atoms. The van der Waals surface area contributed by atoms with Crippen molar-refractivity contribution in [3.63, 3.8) is 0 Å². The maximum absolute atomic E-state index is 14.2. The molecular formula is C20H16Cl2F3N3O2. The molecule has 0 fully saturated rings. The Morgan fingerprint density at radius 2 is 1.87 bits per heavy atom. The summed E-state index contributed by atoms with van der Waals surface area (Å²) in [6.07, 6.45) is 0.0881. The standard InChI is InChI=1S/C20H16Cl2F3N3O2/c1-10(11-4-2-6-14(23)16(11)24)28-19(22)12(18(27-28)20(29)30)8-9-26-15-7-3-5-13(21)17(15)25/h2-7,10,26H,8-9H2,1H3,(H,29,30). The number of hydrogen-bond donors (Lipinski definition) is 2. The smallest absolute Gasteiger partial charge is 0.356 e. The number of anilines is 1. The number of aromatic nitrogens is 2. The molecule has 1 unspecified atom stereocenters. The van der Waals surface area contributed by atoms with Gasteiger partial charge in [0.15, 0.2) is 23.1 Å². The van der Waals surface area contributed by atoms with E-state index in [2.05, 4.69) is 10.4 Å². The second-order valence-corrected chi connectivity index (χ2v) is 7.23. The summed E-state index contributed by atoms with van der Waals surface area (Å²) in [5, 5.41) is 16.2. The number of aromatic carboxylic acids is 1. The van der Waals surface area contributed by atoms with Gasteiger partial charge in [-0.1, -0.05) is 41.4 Å². The van der Waals surface area contributed by atoms with E-state index in [1.165, 1.54) is 31.2 Å². The third kappa shape index (κ3) is 4.24. The minimum absolute atomic E-state index is 0.0259. The number of rotatable bonds is 7. The predicted octanol–water partition coefficient (Wildman–Crippen LogP) is 5.57. The Morgan fingerprint density at radius 3 is 2.57 bits per heavy atom. The Labute approximate surface area is 180 Å². The van der Waals surface area contributed by atoms with Gasteiger partial charge in [0.2, 0.25) is 0 Å². The Balaban J connectivity index is 1.88. The van der Waals surface area contributed by atoms with Crippen molar-refractivity contribution in [3.8, 4) is 0 Å². The summed E-state index contributed by atoms with van der Waals surface area (Å²) < 4.78 is 42.8. The van der Waals surface area contributed by atoms with Crippen LogP contribution in [0.1, 0.15) is 34.6 Å². The van der Waals surface area contributed by atoms with Gasteiger partial charge in [-0.25, -0.2) is 22.6 Å². The molecule has 10 heteroatoms. The van der Waals surface area contributed by atoms with E-state index in [-0.39, 0.29) is 45.6 Å². The van der Waals surface area contributed by atoms with E-state index in [1.807, 2.05) is 0 Å². The van der Waals surface area contributed by atoms with Crippen molar-refractivity contribution in [3.05, 3.63) is 80.8 Å². The minimum Gasteiger partial charge on any atom is -0.476 e. The summed E-state index contributed by atoms with van der Waals surface area (Å²) in [4.78, 5) is 11.6. The van der Waals surface area contributed by atoms with Crippen molar-refractivity contribution in [2.75, 3.05) is 11.9 Å². The van der Waals surface area contributed by atoms with Gasteiger partial charge >= 0.3 is 5.97 Å². The summed E-state index contributed by atoms with van der Waals surface area (Å²) in [5.41, 5.74) is -0.0140. The Hall–Kier alpha value is -2.71. The normalized spacial score (nSPS) is 12.1. The molecule has 5 nitrogen and oxygen atoms in total. The van der Waals surface area contributed by atoms with Gasteiger partial charge in [-0.3, -0.25) is 0 Å². The van der Waals surface area contributed by atoms with Crippen LogP contribution in [0.4, 0.5) is 18.9 Å². The summed E-state index contributed by atoms with van der Waals surface area (Å²) in [6, 6.07) is 7.27. The number of carbonyl (C=O) groups is 1. The molecule has 1 aromatic heterocycles. The molecule has 0 saturated carbocycles. The van der Waals surface area contributed by atoms with Gasteiger partial charge in [0.1, 0.15) is 5.15 Å². The molecule has 30 heavy (non-hydrogen) atoms. The fraction of sp³-hybridized carbons (Fsp3) is 0.200. The number of carboxylic acids is 1. The van der Waals surface area contributed by atoms with Gasteiger partial charge in [0.25, 0.3) is 0 Å². The third-order valence-electron chi connectivity index (χ3n) is 4.59. The van der Waals surface area contributed by atoms with Crippen molar-refractivity contribution < 1.29 is 23.1 Å². The van der Waals surface area contributed by atoms with E-state index in [4.69, 9.17) is 23.2 Å². The van der Waals surface area contributed by atoms with Crippen LogP contribution in [-0.4, -0.2) is 27.4 Å². The zero-order valence-electron chi connectivity index (χ0n) is 15.6. The number of nitrogens with zero attached hydrogens (tertiary/aromatic N) is 2. The van der Waals surface area contributed by atoms with Crippen LogP contribution in [0.3, 0.4) is 0 Å². The van der Waals surface area contributed by atoms with Crippen LogP contribution in [0.15, 0.2) is 36.4 Å². The predicted molar refractivity (Wildman–Crippen MR) is 108 cm³/mol. The largest absolute Gasteiger partial charge is 0.476 e. The summed E-state index contributed by atoms with van der Waals surface area (Å²) in [7, 11) is 0. The van der Waals surface area contributed by atoms with E-state index in [9.17, 15) is 23.1 Å². The summed E-state index contributed by atoms with van der Waals surface area (Å²) in [5.74, 6) is -4.05. The second kappa shape index (κ2) is 8.97. The van der Waals surface area contributed by atoms with Crippen LogP contribution in [-0.2, 0) is 6.42 Å². The highest BCUT2D eigenvalue weighted by Gasteiger charge is 2.26. The molecule has 2 aromatic carbocycles. The zero-order chi connectivity index (χ0) is 22.0. The molecule has 1 heterocycles. The monoisotopic (exact) mass is 457 g/mol. The first-order valence-corrected chi connectivity index (χ1v) is 9.60. The molecule has 0 aliphatic carbocycles. The van der Waals surface area contributed by atoms with Crippen molar-refractivity contribution >= 4 is 34.9 Å². The fourth-order valence-corrected chi connectivity index (χ4v) is 3.58. The molecule has 0 radical (unpaired) electrons. The minimum atomic E-state index is -1.33. The number of carboxylic acid groups (broad SMARTS) is 1. The van der Waals surface area contributed by atoms with Crippen LogP contribution in [0.25, 0.3) is 0 Å². The maximum Gasteiger partial charge on any atom is 0.356 e. The van der Waals surface area contributed by atoms with Gasteiger partial charge in [-0.2, -0.15) is 5.10 Å². The molecule has 3 aromatic rings. The van der Waals surface area contributed by atoms with Crippen LogP contribution >= 0.6 is 23.2 Å². The van der Waals surface area contributed by atoms with Crippen LogP contribution in [0.5, 0.6) is 0 Å². The van der Waals surface area contributed by atoms with E-state index < -0.39 is 29.5 Å². The average molecular weight is 458 g/mol. The van der Waals surface area contributed by atoms with E-state index >= 15 is 0 Å². The van der Waals surface area contributed by atoms with Gasteiger partial charge < -0.3 is 10.4 Å². The van der Waals surface area contributed by atoms with Crippen molar-refractivity contribution in [1.82, 2.24) is 9.78 Å². The maximum atomic E-state index is 14.2. The average Bonchev–Trinajstić information content (AvgIpc) is 3.03. The topological polar surface area (TPSA) is 67.2 Å². The Morgan fingerprint density at radius 1 is 1.17 bits per heavy atom. The first-order chi connectivity index (χ1) is 14.2. The van der Waals surface area contributed by atoms with Gasteiger partial charge in [0.05, 0.1) is 16.8 Å². The first-order valence-electron chi connectivity index (χ1n) is 8.84. The molecule has 0 saturated heterocycles. The molecular weight excluding hydrogens is 442 g/mol. The molecule has 0 aliphatic rings. The lowest BCUT2D eigenvalue weighted by atomic mass is 10.1. The van der Waals surface area contributed by atoms with Gasteiger partial charge in [-0.05, 0) is 31.5 Å². The quantitative estimate of drug-likeness (QED) is 0.486. The highest BCUT2D eigenvalue weighted by molar-refractivity contribution is 6.31. The summed E-state index contributed by atoms with van der Waals surface area (Å²) in [6.45, 7) is 1.65. The van der Waals surface area contributed by atoms with Gasteiger partial charge in [-0.15, -0.1) is 0 Å². The summed E-state index contributed by atoms with van der Waals surface area (Å²) >= 11 is 12.1. The SMILES string of the molecule is CC(c1cccc(F)c1F)n1nc(C(=O)O)c(CCNc2cccc(Cl)c2F)c1Cl. The molecule has 158 valence electrons. The first kappa shape index (κ1) is 22.0. The van der Waals surface area contributed by atoms with Crippen LogP contribution in [0.2, 0.25) is 10.2 Å². The molecule has 0 amide bonds. The van der Waals surface area contributed by atoms with E-state index in [0.717, 1.165) is 10.7 Å². The highest BCUT2D eigenvalue weighted by atomic mass is 35.5. The second-order valence-electron chi connectivity index (χ2n) is 6.46. The number of hydrogen-bond acceptors (Lipinski definition) is 3. The zero-order valence-corrected chi connectivity index (χ0v) is 17.1. The van der Waals surface area contributed by atoms with Crippen molar-refractivity contribution in [1.29, 1.82) is 0 Å². The molecule has 2 N–H and O–H groups in total. The lowest BCUT2D eigenvalue weighted by Crippen LogP contribution is -2.12. The Bertz CT molecular complexity index is 1110. The fourth-order valence-electron chi connectivity index (χ4n) is 3.04. The lowest BCUT2D eigenvalue weighted by molar-refractivity contribution is 0.0688. The number of halogens is 5. The number of nitrogens with one attached hydrogen (secondary N) is 1. The van der Waals surface area contributed by atoms with E-state index in [0.29, 0.717) is 0 Å². The third-order valence-corrected chi connectivity index (χ3v) is 5.28. The number of benzene rings is 2. The van der Waals surface area contributed by atoms with Crippen molar-refractivity contribution in [2.24, 2.45) is 0 Å². The molecule has 0 aliphatic heterocycles. The van der Waals surface area contributed by atoms with Gasteiger partial charge in [0, 0.05) is 17.7 Å². The van der Waals surface area contributed by atoms with Crippen molar-refractivity contribution in [2.45, 2.75) is 19.4 Å². The Kier molecular flexibility index (Phi) is 6.58. The molecule has 3 rings (SSSR count).